The molecule has 1 aromatic heterocycles. The van der Waals surface area contributed by atoms with E-state index in [2.05, 4.69) is 16.3 Å². The molecule has 0 unspecified atom stereocenters. The van der Waals surface area contributed by atoms with Gasteiger partial charge in [0.05, 0.1) is 13.2 Å². The number of nitrogens with zero attached hydrogens (tertiary/aromatic N) is 2. The van der Waals surface area contributed by atoms with Crippen molar-refractivity contribution in [3.05, 3.63) is 47.1 Å². The van der Waals surface area contributed by atoms with Gasteiger partial charge in [-0.2, -0.15) is 0 Å². The van der Waals surface area contributed by atoms with Gasteiger partial charge in [-0.1, -0.05) is 18.2 Å². The van der Waals surface area contributed by atoms with Crippen molar-refractivity contribution in [2.24, 2.45) is 0 Å². The molecule has 3 rings (SSSR count). The third-order valence-corrected chi connectivity index (χ3v) is 5.77. The first-order valence-electron chi connectivity index (χ1n) is 9.21. The summed E-state index contributed by atoms with van der Waals surface area (Å²) >= 11 is 1.63. The second-order valence-corrected chi connectivity index (χ2v) is 7.74. The number of rotatable bonds is 8. The monoisotopic (exact) mass is 463 g/mol. The first-order chi connectivity index (χ1) is 13.2. The Bertz CT molecular complexity index is 755. The lowest BCUT2D eigenvalue weighted by Gasteiger charge is -2.34. The van der Waals surface area contributed by atoms with Crippen LogP contribution < -0.4 is 5.32 Å². The van der Waals surface area contributed by atoms with E-state index in [1.807, 2.05) is 23.1 Å². The van der Waals surface area contributed by atoms with Crippen molar-refractivity contribution < 1.29 is 13.9 Å². The molecular formula is C20H28Cl2FN3O2S. The van der Waals surface area contributed by atoms with E-state index in [1.54, 1.807) is 24.5 Å². The third kappa shape index (κ3) is 7.51. The summed E-state index contributed by atoms with van der Waals surface area (Å²) in [6, 6.07) is 10.9. The minimum Gasteiger partial charge on any atom is -0.383 e. The normalized spacial score (nSPS) is 14.2. The molecule has 162 valence electrons. The molecular weight excluding hydrogens is 436 g/mol. The number of ether oxygens (including phenoxy) is 1. The van der Waals surface area contributed by atoms with Gasteiger partial charge in [0.25, 0.3) is 0 Å². The summed E-state index contributed by atoms with van der Waals surface area (Å²) in [6.07, 6.45) is 0. The van der Waals surface area contributed by atoms with E-state index in [9.17, 15) is 9.18 Å². The van der Waals surface area contributed by atoms with Crippen LogP contribution in [0.3, 0.4) is 0 Å². The van der Waals surface area contributed by atoms with E-state index in [-0.39, 0.29) is 36.5 Å². The van der Waals surface area contributed by atoms with Crippen LogP contribution in [0.25, 0.3) is 10.4 Å². The number of hydrogen-bond donors (Lipinski definition) is 1. The van der Waals surface area contributed by atoms with Crippen LogP contribution in [0.15, 0.2) is 36.4 Å². The third-order valence-electron chi connectivity index (χ3n) is 4.66. The van der Waals surface area contributed by atoms with Gasteiger partial charge in [0.1, 0.15) is 5.82 Å². The van der Waals surface area contributed by atoms with Crippen LogP contribution in [0, 0.1) is 5.82 Å². The number of amides is 1. The number of methoxy groups -OCH3 is 1. The SMILES string of the molecule is COCCNCC(=O)N1CCN(Cc2ccc(-c3ccccc3F)s2)CC1.Cl.Cl. The molecule has 2 heterocycles. The molecule has 1 aromatic carbocycles. The lowest BCUT2D eigenvalue weighted by atomic mass is 10.2. The number of carbonyl (C=O) groups is 1. The quantitative estimate of drug-likeness (QED) is 0.610. The van der Waals surface area contributed by atoms with Gasteiger partial charge >= 0.3 is 0 Å². The zero-order valence-corrected chi connectivity index (χ0v) is 18.9. The molecule has 0 bridgehead atoms. The molecule has 1 amide bonds. The molecule has 1 saturated heterocycles. The molecule has 29 heavy (non-hydrogen) atoms. The molecule has 5 nitrogen and oxygen atoms in total. The zero-order valence-electron chi connectivity index (χ0n) is 16.4. The van der Waals surface area contributed by atoms with Crippen LogP contribution in [-0.2, 0) is 16.1 Å². The molecule has 0 spiro atoms. The lowest BCUT2D eigenvalue weighted by molar-refractivity contribution is -0.132. The van der Waals surface area contributed by atoms with Crippen LogP contribution in [0.2, 0.25) is 0 Å². The number of carbonyl (C=O) groups excluding carboxylic acids is 1. The topological polar surface area (TPSA) is 44.8 Å². The molecule has 1 aliphatic heterocycles. The van der Waals surface area contributed by atoms with Crippen LogP contribution in [0.5, 0.6) is 0 Å². The van der Waals surface area contributed by atoms with E-state index in [0.29, 0.717) is 25.3 Å². The standard InChI is InChI=1S/C20H26FN3O2S.2ClH/c1-26-13-8-22-14-20(25)24-11-9-23(10-12-24)15-16-6-7-19(27-16)17-4-2-3-5-18(17)21;;/h2-7,22H,8-15H2,1H3;2*1H. The molecule has 2 aromatic rings. The molecule has 9 heteroatoms. The Morgan fingerprint density at radius 3 is 2.55 bits per heavy atom. The van der Waals surface area contributed by atoms with E-state index in [0.717, 1.165) is 37.6 Å². The zero-order chi connectivity index (χ0) is 19.1. The van der Waals surface area contributed by atoms with Gasteiger partial charge in [0, 0.05) is 61.7 Å². The maximum Gasteiger partial charge on any atom is 0.236 e. The molecule has 1 N–H and O–H groups in total. The fraction of sp³-hybridized carbons (Fsp3) is 0.450. The number of benzene rings is 1. The van der Waals surface area contributed by atoms with Crippen molar-refractivity contribution in [1.82, 2.24) is 15.1 Å². The van der Waals surface area contributed by atoms with Gasteiger partial charge in [-0.25, -0.2) is 4.39 Å². The van der Waals surface area contributed by atoms with Crippen LogP contribution in [0.4, 0.5) is 4.39 Å². The van der Waals surface area contributed by atoms with E-state index < -0.39 is 0 Å². The summed E-state index contributed by atoms with van der Waals surface area (Å²) in [5.41, 5.74) is 0.658. The number of piperazine rings is 1. The Labute approximate surface area is 188 Å². The van der Waals surface area contributed by atoms with E-state index in [1.165, 1.54) is 10.9 Å². The Kier molecular flexibility index (Phi) is 11.7. The average molecular weight is 464 g/mol. The molecule has 1 aliphatic rings. The summed E-state index contributed by atoms with van der Waals surface area (Å²) in [7, 11) is 1.65. The van der Waals surface area contributed by atoms with Crippen molar-refractivity contribution in [2.75, 3.05) is 53.0 Å². The maximum absolute atomic E-state index is 13.9. The van der Waals surface area contributed by atoms with Crippen molar-refractivity contribution >= 4 is 42.1 Å². The van der Waals surface area contributed by atoms with Crippen molar-refractivity contribution in [3.63, 3.8) is 0 Å². The van der Waals surface area contributed by atoms with Gasteiger partial charge < -0.3 is 15.0 Å². The van der Waals surface area contributed by atoms with Crippen molar-refractivity contribution in [1.29, 1.82) is 0 Å². The smallest absolute Gasteiger partial charge is 0.236 e. The lowest BCUT2D eigenvalue weighted by Crippen LogP contribution is -2.50. The Hall–Kier alpha value is -1.22. The highest BCUT2D eigenvalue weighted by molar-refractivity contribution is 7.15. The summed E-state index contributed by atoms with van der Waals surface area (Å²) in [6.45, 7) is 5.70. The largest absolute Gasteiger partial charge is 0.383 e. The predicted octanol–water partition coefficient (Wildman–Crippen LogP) is 3.28. The fourth-order valence-corrected chi connectivity index (χ4v) is 4.20. The summed E-state index contributed by atoms with van der Waals surface area (Å²) in [4.78, 5) is 18.6. The second-order valence-electron chi connectivity index (χ2n) is 6.57. The second kappa shape index (κ2) is 13.2. The first-order valence-corrected chi connectivity index (χ1v) is 10.0. The summed E-state index contributed by atoms with van der Waals surface area (Å²) < 4.78 is 18.9. The molecule has 0 radical (unpaired) electrons. The highest BCUT2D eigenvalue weighted by Gasteiger charge is 2.21. The predicted molar refractivity (Wildman–Crippen MR) is 121 cm³/mol. The van der Waals surface area contributed by atoms with E-state index in [4.69, 9.17) is 4.74 Å². The van der Waals surface area contributed by atoms with Gasteiger partial charge in [0.2, 0.25) is 5.91 Å². The van der Waals surface area contributed by atoms with E-state index >= 15 is 0 Å². The summed E-state index contributed by atoms with van der Waals surface area (Å²) in [5, 5.41) is 3.10. The molecule has 1 fully saturated rings. The molecule has 0 saturated carbocycles. The fourth-order valence-electron chi connectivity index (χ4n) is 3.13. The maximum atomic E-state index is 13.9. The Morgan fingerprint density at radius 1 is 1.14 bits per heavy atom. The van der Waals surface area contributed by atoms with Crippen LogP contribution >= 0.6 is 36.2 Å². The van der Waals surface area contributed by atoms with Gasteiger partial charge in [-0.15, -0.1) is 36.2 Å². The number of nitrogens with one attached hydrogen (secondary N) is 1. The number of hydrogen-bond acceptors (Lipinski definition) is 5. The Balaban J connectivity index is 0.00000210. The van der Waals surface area contributed by atoms with Crippen LogP contribution in [-0.4, -0.2) is 68.7 Å². The highest BCUT2D eigenvalue weighted by atomic mass is 35.5. The minimum atomic E-state index is -0.183. The number of halogens is 3. The van der Waals surface area contributed by atoms with Crippen LogP contribution in [0.1, 0.15) is 4.88 Å². The van der Waals surface area contributed by atoms with Crippen molar-refractivity contribution in [3.8, 4) is 10.4 Å². The first kappa shape index (κ1) is 25.8. The minimum absolute atomic E-state index is 0. The molecule has 0 atom stereocenters. The average Bonchev–Trinajstić information content (AvgIpc) is 3.14. The van der Waals surface area contributed by atoms with Crippen molar-refractivity contribution in [2.45, 2.75) is 6.54 Å². The van der Waals surface area contributed by atoms with Gasteiger partial charge in [-0.3, -0.25) is 9.69 Å². The van der Waals surface area contributed by atoms with Gasteiger partial charge in [-0.05, 0) is 18.2 Å². The Morgan fingerprint density at radius 2 is 1.86 bits per heavy atom. The molecule has 0 aliphatic carbocycles. The van der Waals surface area contributed by atoms with Gasteiger partial charge in [0.15, 0.2) is 0 Å². The summed E-state index contributed by atoms with van der Waals surface area (Å²) in [5.74, 6) is -0.0409. The highest BCUT2D eigenvalue weighted by Crippen LogP contribution is 2.30. The number of thiophene rings is 1.